The van der Waals surface area contributed by atoms with Crippen molar-refractivity contribution in [3.05, 3.63) is 30.0 Å². The molecule has 0 bridgehead atoms. The van der Waals surface area contributed by atoms with Gasteiger partial charge in [-0.1, -0.05) is 44.8 Å². The van der Waals surface area contributed by atoms with E-state index in [-0.39, 0.29) is 18.4 Å². The van der Waals surface area contributed by atoms with Gasteiger partial charge in [-0.2, -0.15) is 0 Å². The van der Waals surface area contributed by atoms with Gasteiger partial charge in [-0.15, -0.1) is 5.73 Å². The molecule has 1 unspecified atom stereocenters. The molecule has 3 atom stereocenters. The number of carboxylic acids is 1. The average Bonchev–Trinajstić information content (AvgIpc) is 2.93. The molecule has 1 fully saturated rings. The first-order valence-electron chi connectivity index (χ1n) is 10.1. The van der Waals surface area contributed by atoms with Gasteiger partial charge in [-0.05, 0) is 63.0 Å². The SMILES string of the molecule is CCCCCCCC=C=CC1[C@@H](C/C=C\CCCC(=O)O)CC[C@H]1O. The van der Waals surface area contributed by atoms with Crippen molar-refractivity contribution in [2.75, 3.05) is 0 Å². The molecule has 25 heavy (non-hydrogen) atoms. The molecule has 0 saturated heterocycles. The van der Waals surface area contributed by atoms with Gasteiger partial charge in [0.1, 0.15) is 0 Å². The number of carboxylic acid groups (broad SMARTS) is 1. The van der Waals surface area contributed by atoms with Crippen LogP contribution in [0.25, 0.3) is 0 Å². The van der Waals surface area contributed by atoms with Crippen molar-refractivity contribution in [3.8, 4) is 0 Å². The number of aliphatic carboxylic acids is 1. The molecule has 142 valence electrons. The Morgan fingerprint density at radius 2 is 1.88 bits per heavy atom. The Morgan fingerprint density at radius 3 is 2.64 bits per heavy atom. The van der Waals surface area contributed by atoms with E-state index >= 15 is 0 Å². The first-order valence-corrected chi connectivity index (χ1v) is 10.1. The van der Waals surface area contributed by atoms with E-state index in [2.05, 4.69) is 37.0 Å². The van der Waals surface area contributed by atoms with Crippen LogP contribution in [0.15, 0.2) is 30.0 Å². The lowest BCUT2D eigenvalue weighted by atomic mass is 9.91. The second kappa shape index (κ2) is 13.9. The summed E-state index contributed by atoms with van der Waals surface area (Å²) in [7, 11) is 0. The maximum atomic E-state index is 10.5. The van der Waals surface area contributed by atoms with Crippen LogP contribution in [0, 0.1) is 11.8 Å². The lowest BCUT2D eigenvalue weighted by Crippen LogP contribution is -2.16. The zero-order valence-corrected chi connectivity index (χ0v) is 15.8. The van der Waals surface area contributed by atoms with Gasteiger partial charge in [0.15, 0.2) is 0 Å². The Kier molecular flexibility index (Phi) is 12.1. The molecule has 0 aromatic rings. The minimum Gasteiger partial charge on any atom is -0.481 e. The molecule has 0 aromatic carbocycles. The molecule has 0 aromatic heterocycles. The van der Waals surface area contributed by atoms with E-state index < -0.39 is 5.97 Å². The second-order valence-corrected chi connectivity index (χ2v) is 7.22. The van der Waals surface area contributed by atoms with E-state index in [1.54, 1.807) is 0 Å². The molecule has 0 radical (unpaired) electrons. The molecular formula is C22H36O3. The molecular weight excluding hydrogens is 312 g/mol. The summed E-state index contributed by atoms with van der Waals surface area (Å²) in [6.07, 6.45) is 20.4. The number of rotatable bonds is 13. The Balaban J connectivity index is 2.29. The van der Waals surface area contributed by atoms with Gasteiger partial charge in [0.25, 0.3) is 0 Å². The number of hydrogen-bond donors (Lipinski definition) is 2. The van der Waals surface area contributed by atoms with Crippen LogP contribution < -0.4 is 0 Å². The molecule has 0 spiro atoms. The van der Waals surface area contributed by atoms with Crippen LogP contribution in [-0.2, 0) is 4.79 Å². The zero-order chi connectivity index (χ0) is 18.3. The number of unbranched alkanes of at least 4 members (excludes halogenated alkanes) is 6. The van der Waals surface area contributed by atoms with Gasteiger partial charge in [0.2, 0.25) is 0 Å². The fourth-order valence-corrected chi connectivity index (χ4v) is 3.48. The Labute approximate surface area is 153 Å². The van der Waals surface area contributed by atoms with E-state index in [1.165, 1.54) is 32.1 Å². The standard InChI is InChI=1S/C22H36O3/c1-2-3-4-5-6-7-8-12-15-20-19(17-18-21(20)23)14-11-9-10-13-16-22(24)25/h8-9,11,15,19-21,23H,2-7,10,13-14,16-18H2,1H3,(H,24,25)/b11-9-/t12?,19-,20?,21+/m0/s1. The summed E-state index contributed by atoms with van der Waals surface area (Å²) in [5.41, 5.74) is 3.30. The number of carbonyl (C=O) groups is 1. The molecule has 1 rings (SSSR count). The number of hydrogen-bond acceptors (Lipinski definition) is 2. The van der Waals surface area contributed by atoms with E-state index in [4.69, 9.17) is 5.11 Å². The second-order valence-electron chi connectivity index (χ2n) is 7.22. The Morgan fingerprint density at radius 1 is 1.08 bits per heavy atom. The van der Waals surface area contributed by atoms with Gasteiger partial charge in [0.05, 0.1) is 6.10 Å². The zero-order valence-electron chi connectivity index (χ0n) is 15.8. The lowest BCUT2D eigenvalue weighted by molar-refractivity contribution is -0.137. The summed E-state index contributed by atoms with van der Waals surface area (Å²) in [6, 6.07) is 0. The Bertz CT molecular complexity index is 446. The van der Waals surface area contributed by atoms with Crippen LogP contribution in [0.1, 0.15) is 84.0 Å². The molecule has 3 heteroatoms. The maximum absolute atomic E-state index is 10.5. The molecule has 0 heterocycles. The maximum Gasteiger partial charge on any atom is 0.303 e. The molecule has 0 amide bonds. The predicted octanol–water partition coefficient (Wildman–Crippen LogP) is 5.65. The molecule has 1 aliphatic carbocycles. The third-order valence-electron chi connectivity index (χ3n) is 5.05. The largest absolute Gasteiger partial charge is 0.481 e. The van der Waals surface area contributed by atoms with Crippen LogP contribution in [0.5, 0.6) is 0 Å². The van der Waals surface area contributed by atoms with E-state index in [9.17, 15) is 9.90 Å². The minimum absolute atomic E-state index is 0.208. The first-order chi connectivity index (χ1) is 12.1. The third-order valence-corrected chi connectivity index (χ3v) is 5.05. The van der Waals surface area contributed by atoms with E-state index in [0.717, 1.165) is 32.1 Å². The summed E-state index contributed by atoms with van der Waals surface area (Å²) in [5.74, 6) is -0.0362. The molecule has 3 nitrogen and oxygen atoms in total. The van der Waals surface area contributed by atoms with Gasteiger partial charge in [-0.3, -0.25) is 4.79 Å². The quantitative estimate of drug-likeness (QED) is 0.257. The highest BCUT2D eigenvalue weighted by Gasteiger charge is 2.32. The van der Waals surface area contributed by atoms with Gasteiger partial charge in [-0.25, -0.2) is 0 Å². The van der Waals surface area contributed by atoms with Gasteiger partial charge in [0, 0.05) is 12.3 Å². The van der Waals surface area contributed by atoms with E-state index in [1.807, 2.05) is 0 Å². The third kappa shape index (κ3) is 10.3. The molecule has 1 aliphatic rings. The highest BCUT2D eigenvalue weighted by Crippen LogP contribution is 2.35. The Hall–Kier alpha value is -1.31. The summed E-state index contributed by atoms with van der Waals surface area (Å²) in [5, 5.41) is 18.8. The van der Waals surface area contributed by atoms with E-state index in [0.29, 0.717) is 12.3 Å². The first kappa shape index (κ1) is 21.7. The van der Waals surface area contributed by atoms with Crippen molar-refractivity contribution >= 4 is 5.97 Å². The minimum atomic E-state index is -0.727. The van der Waals surface area contributed by atoms with Crippen molar-refractivity contribution in [1.82, 2.24) is 0 Å². The molecule has 1 saturated carbocycles. The normalized spacial score (nSPS) is 22.9. The number of aliphatic hydroxyl groups excluding tert-OH is 1. The van der Waals surface area contributed by atoms with Crippen molar-refractivity contribution < 1.29 is 15.0 Å². The fourth-order valence-electron chi connectivity index (χ4n) is 3.48. The average molecular weight is 349 g/mol. The van der Waals surface area contributed by atoms with Gasteiger partial charge < -0.3 is 10.2 Å². The van der Waals surface area contributed by atoms with Gasteiger partial charge >= 0.3 is 5.97 Å². The van der Waals surface area contributed by atoms with Crippen LogP contribution in [-0.4, -0.2) is 22.3 Å². The van der Waals surface area contributed by atoms with Crippen LogP contribution in [0.4, 0.5) is 0 Å². The summed E-state index contributed by atoms with van der Waals surface area (Å²) in [6.45, 7) is 2.23. The summed E-state index contributed by atoms with van der Waals surface area (Å²) < 4.78 is 0. The number of allylic oxidation sites excluding steroid dienone is 2. The summed E-state index contributed by atoms with van der Waals surface area (Å²) >= 11 is 0. The topological polar surface area (TPSA) is 57.5 Å². The fraction of sp³-hybridized carbons (Fsp3) is 0.727. The highest BCUT2D eigenvalue weighted by atomic mass is 16.4. The van der Waals surface area contributed by atoms with Crippen molar-refractivity contribution in [2.24, 2.45) is 11.8 Å². The summed E-state index contributed by atoms with van der Waals surface area (Å²) in [4.78, 5) is 10.5. The van der Waals surface area contributed by atoms with Crippen molar-refractivity contribution in [1.29, 1.82) is 0 Å². The predicted molar refractivity (Wildman–Crippen MR) is 103 cm³/mol. The number of aliphatic hydroxyl groups is 1. The smallest absolute Gasteiger partial charge is 0.303 e. The lowest BCUT2D eigenvalue weighted by Gasteiger charge is -2.16. The van der Waals surface area contributed by atoms with Crippen LogP contribution in [0.2, 0.25) is 0 Å². The van der Waals surface area contributed by atoms with Crippen molar-refractivity contribution in [3.63, 3.8) is 0 Å². The van der Waals surface area contributed by atoms with Crippen molar-refractivity contribution in [2.45, 2.75) is 90.1 Å². The highest BCUT2D eigenvalue weighted by molar-refractivity contribution is 5.66. The molecule has 0 aliphatic heterocycles. The monoisotopic (exact) mass is 348 g/mol. The van der Waals surface area contributed by atoms with Crippen LogP contribution >= 0.6 is 0 Å². The van der Waals surface area contributed by atoms with Crippen LogP contribution in [0.3, 0.4) is 0 Å². The molecule has 2 N–H and O–H groups in total.